The summed E-state index contributed by atoms with van der Waals surface area (Å²) < 4.78 is 44.7. The summed E-state index contributed by atoms with van der Waals surface area (Å²) in [6.45, 7) is 2.88. The van der Waals surface area contributed by atoms with Gasteiger partial charge in [-0.1, -0.05) is 6.07 Å². The van der Waals surface area contributed by atoms with E-state index in [9.17, 15) is 18.0 Å². The van der Waals surface area contributed by atoms with Crippen molar-refractivity contribution in [3.63, 3.8) is 0 Å². The number of alkyl halides is 3. The van der Waals surface area contributed by atoms with Gasteiger partial charge in [0.2, 0.25) is 0 Å². The number of nitrogens with zero attached hydrogens (tertiary/aromatic N) is 3. The molecule has 8 heteroatoms. The molecule has 2 aliphatic rings. The molecule has 1 aromatic heterocycles. The standard InChI is InChI=1S/C20H22F3N3O2/c21-20(22,23)14-4-5-15-16(12-14)24-7-6-17(15)26-10-11-28-18(13-26)19(27)25-8-2-1-3-9-25/h4-7,12,18H,1-3,8-11,13H2. The van der Waals surface area contributed by atoms with Gasteiger partial charge in [0.25, 0.3) is 5.91 Å². The zero-order valence-corrected chi connectivity index (χ0v) is 15.4. The minimum atomic E-state index is -4.41. The highest BCUT2D eigenvalue weighted by atomic mass is 19.4. The Hall–Kier alpha value is -2.35. The van der Waals surface area contributed by atoms with Crippen LogP contribution in [0.25, 0.3) is 10.9 Å². The number of pyridine rings is 1. The molecule has 28 heavy (non-hydrogen) atoms. The summed E-state index contributed by atoms with van der Waals surface area (Å²) >= 11 is 0. The average Bonchev–Trinajstić information content (AvgIpc) is 2.72. The lowest BCUT2D eigenvalue weighted by Crippen LogP contribution is -2.52. The Morgan fingerprint density at radius 1 is 1.11 bits per heavy atom. The normalized spacial score (nSPS) is 21.2. The van der Waals surface area contributed by atoms with Crippen LogP contribution in [-0.2, 0) is 15.7 Å². The topological polar surface area (TPSA) is 45.7 Å². The van der Waals surface area contributed by atoms with Gasteiger partial charge in [0.1, 0.15) is 0 Å². The second kappa shape index (κ2) is 7.58. The van der Waals surface area contributed by atoms with Gasteiger partial charge in [-0.15, -0.1) is 0 Å². The molecule has 5 nitrogen and oxygen atoms in total. The number of aromatic nitrogens is 1. The largest absolute Gasteiger partial charge is 0.416 e. The van der Waals surface area contributed by atoms with E-state index in [4.69, 9.17) is 4.74 Å². The van der Waals surface area contributed by atoms with Crippen LogP contribution >= 0.6 is 0 Å². The minimum absolute atomic E-state index is 0.00196. The van der Waals surface area contributed by atoms with Crippen LogP contribution in [0.4, 0.5) is 18.9 Å². The number of carbonyl (C=O) groups is 1. The van der Waals surface area contributed by atoms with Crippen molar-refractivity contribution >= 4 is 22.5 Å². The van der Waals surface area contributed by atoms with E-state index >= 15 is 0 Å². The summed E-state index contributed by atoms with van der Waals surface area (Å²) in [7, 11) is 0. The van der Waals surface area contributed by atoms with Crippen molar-refractivity contribution in [1.82, 2.24) is 9.88 Å². The van der Waals surface area contributed by atoms with Gasteiger partial charge < -0.3 is 14.5 Å². The molecule has 1 atom stereocenters. The smallest absolute Gasteiger partial charge is 0.365 e. The van der Waals surface area contributed by atoms with Gasteiger partial charge in [-0.3, -0.25) is 9.78 Å². The molecule has 4 rings (SSSR count). The van der Waals surface area contributed by atoms with E-state index < -0.39 is 17.8 Å². The van der Waals surface area contributed by atoms with Gasteiger partial charge in [0.05, 0.1) is 24.2 Å². The number of fused-ring (bicyclic) bond motifs is 1. The predicted octanol–water partition coefficient (Wildman–Crippen LogP) is 3.47. The zero-order chi connectivity index (χ0) is 19.7. The molecule has 0 N–H and O–H groups in total. The Balaban J connectivity index is 1.58. The Kier molecular flexibility index (Phi) is 5.14. The molecule has 0 saturated carbocycles. The predicted molar refractivity (Wildman–Crippen MR) is 99.1 cm³/mol. The molecule has 2 fully saturated rings. The molecule has 0 spiro atoms. The van der Waals surface area contributed by atoms with Crippen molar-refractivity contribution in [3.05, 3.63) is 36.0 Å². The van der Waals surface area contributed by atoms with Crippen molar-refractivity contribution in [2.45, 2.75) is 31.5 Å². The van der Waals surface area contributed by atoms with Crippen LogP contribution in [0.3, 0.4) is 0 Å². The minimum Gasteiger partial charge on any atom is -0.365 e. The number of carbonyl (C=O) groups excluding carboxylic acids is 1. The van der Waals surface area contributed by atoms with E-state index in [-0.39, 0.29) is 11.4 Å². The van der Waals surface area contributed by atoms with Gasteiger partial charge in [-0.25, -0.2) is 0 Å². The van der Waals surface area contributed by atoms with Gasteiger partial charge in [0.15, 0.2) is 6.10 Å². The molecule has 150 valence electrons. The van der Waals surface area contributed by atoms with Gasteiger partial charge in [-0.05, 0) is 37.5 Å². The molecule has 2 aliphatic heterocycles. The van der Waals surface area contributed by atoms with Gasteiger partial charge >= 0.3 is 6.18 Å². The maximum absolute atomic E-state index is 13.0. The number of hydrogen-bond acceptors (Lipinski definition) is 4. The first-order valence-corrected chi connectivity index (χ1v) is 9.55. The Labute approximate surface area is 161 Å². The van der Waals surface area contributed by atoms with E-state index in [0.29, 0.717) is 25.1 Å². The molecule has 1 unspecified atom stereocenters. The molecular weight excluding hydrogens is 371 g/mol. The third-order valence-corrected chi connectivity index (χ3v) is 5.40. The van der Waals surface area contributed by atoms with Gasteiger partial charge in [0, 0.05) is 36.9 Å². The lowest BCUT2D eigenvalue weighted by Gasteiger charge is -2.37. The molecule has 1 aromatic carbocycles. The fourth-order valence-electron chi connectivity index (χ4n) is 3.92. The molecule has 0 aliphatic carbocycles. The van der Waals surface area contributed by atoms with E-state index in [1.807, 2.05) is 9.80 Å². The highest BCUT2D eigenvalue weighted by molar-refractivity contribution is 5.92. The Morgan fingerprint density at radius 3 is 2.64 bits per heavy atom. The van der Waals surface area contributed by atoms with Crippen molar-refractivity contribution in [1.29, 1.82) is 0 Å². The molecule has 3 heterocycles. The Morgan fingerprint density at radius 2 is 1.89 bits per heavy atom. The third kappa shape index (κ3) is 3.78. The molecule has 0 bridgehead atoms. The average molecular weight is 393 g/mol. The number of morpholine rings is 1. The number of hydrogen-bond donors (Lipinski definition) is 0. The van der Waals surface area contributed by atoms with E-state index in [2.05, 4.69) is 4.98 Å². The number of anilines is 1. The summed E-state index contributed by atoms with van der Waals surface area (Å²) in [6, 6.07) is 5.38. The number of likely N-dealkylation sites (tertiary alicyclic amines) is 1. The summed E-state index contributed by atoms with van der Waals surface area (Å²) in [5.41, 5.74) is 0.348. The van der Waals surface area contributed by atoms with E-state index in [1.54, 1.807) is 6.07 Å². The third-order valence-electron chi connectivity index (χ3n) is 5.40. The lowest BCUT2D eigenvalue weighted by atomic mass is 10.1. The number of halogens is 3. The van der Waals surface area contributed by atoms with Crippen molar-refractivity contribution < 1.29 is 22.7 Å². The first-order chi connectivity index (χ1) is 13.4. The molecular formula is C20H22F3N3O2. The lowest BCUT2D eigenvalue weighted by molar-refractivity contribution is -0.145. The number of ether oxygens (including phenoxy) is 1. The van der Waals surface area contributed by atoms with Crippen LogP contribution < -0.4 is 4.90 Å². The monoisotopic (exact) mass is 393 g/mol. The number of rotatable bonds is 2. The molecule has 2 aromatic rings. The van der Waals surface area contributed by atoms with Crippen LogP contribution in [0.15, 0.2) is 30.5 Å². The molecule has 2 saturated heterocycles. The fraction of sp³-hybridized carbons (Fsp3) is 0.500. The summed E-state index contributed by atoms with van der Waals surface area (Å²) in [6.07, 6.45) is -0.280. The van der Waals surface area contributed by atoms with E-state index in [1.165, 1.54) is 12.3 Å². The van der Waals surface area contributed by atoms with Crippen molar-refractivity contribution in [3.8, 4) is 0 Å². The maximum atomic E-state index is 13.0. The summed E-state index contributed by atoms with van der Waals surface area (Å²) in [5.74, 6) is 0.00196. The fourth-order valence-corrected chi connectivity index (χ4v) is 3.92. The quantitative estimate of drug-likeness (QED) is 0.784. The first kappa shape index (κ1) is 19.0. The highest BCUT2D eigenvalue weighted by Crippen LogP contribution is 2.34. The van der Waals surface area contributed by atoms with Crippen molar-refractivity contribution in [2.75, 3.05) is 37.7 Å². The van der Waals surface area contributed by atoms with Gasteiger partial charge in [-0.2, -0.15) is 13.2 Å². The zero-order valence-electron chi connectivity index (χ0n) is 15.4. The van der Waals surface area contributed by atoms with Crippen LogP contribution in [0.5, 0.6) is 0 Å². The SMILES string of the molecule is O=C(C1CN(c2ccnc3cc(C(F)(F)F)ccc23)CCO1)N1CCCCC1. The van der Waals surface area contributed by atoms with Crippen LogP contribution in [0, 0.1) is 0 Å². The summed E-state index contributed by atoms with van der Waals surface area (Å²) in [5, 5.41) is 0.640. The molecule has 0 radical (unpaired) electrons. The summed E-state index contributed by atoms with van der Waals surface area (Å²) in [4.78, 5) is 20.8. The van der Waals surface area contributed by atoms with Crippen LogP contribution in [0.2, 0.25) is 0 Å². The second-order valence-electron chi connectivity index (χ2n) is 7.25. The Bertz CT molecular complexity index is 865. The number of piperidine rings is 1. The molecule has 1 amide bonds. The van der Waals surface area contributed by atoms with Crippen LogP contribution in [0.1, 0.15) is 24.8 Å². The van der Waals surface area contributed by atoms with Crippen LogP contribution in [-0.4, -0.2) is 54.7 Å². The van der Waals surface area contributed by atoms with E-state index in [0.717, 1.165) is 50.2 Å². The number of benzene rings is 1. The van der Waals surface area contributed by atoms with Crippen molar-refractivity contribution in [2.24, 2.45) is 0 Å². The number of amides is 1. The second-order valence-corrected chi connectivity index (χ2v) is 7.25. The maximum Gasteiger partial charge on any atom is 0.416 e. The highest BCUT2D eigenvalue weighted by Gasteiger charge is 2.33. The first-order valence-electron chi connectivity index (χ1n) is 9.55.